The first-order valence-electron chi connectivity index (χ1n) is 6.57. The summed E-state index contributed by atoms with van der Waals surface area (Å²) in [6, 6.07) is 2.14. The Bertz CT molecular complexity index is 435. The maximum absolute atomic E-state index is 12.5. The van der Waals surface area contributed by atoms with Gasteiger partial charge in [0.2, 0.25) is 0 Å². The van der Waals surface area contributed by atoms with Crippen molar-refractivity contribution in [2.75, 3.05) is 12.3 Å². The highest BCUT2D eigenvalue weighted by Crippen LogP contribution is 2.31. The summed E-state index contributed by atoms with van der Waals surface area (Å²) in [5, 5.41) is 0. The number of piperidine rings is 1. The van der Waals surface area contributed by atoms with Gasteiger partial charge in [0.15, 0.2) is 0 Å². The molecule has 1 aromatic rings. The van der Waals surface area contributed by atoms with Crippen LogP contribution in [0.1, 0.15) is 41.7 Å². The molecule has 100 valence electrons. The molecule has 1 amide bonds. The van der Waals surface area contributed by atoms with Crippen LogP contribution in [0.2, 0.25) is 0 Å². The highest BCUT2D eigenvalue weighted by molar-refractivity contribution is 7.14. The third kappa shape index (κ3) is 2.39. The number of nitrogen functional groups attached to an aromatic ring is 1. The van der Waals surface area contributed by atoms with Gasteiger partial charge >= 0.3 is 0 Å². The number of anilines is 1. The summed E-state index contributed by atoms with van der Waals surface area (Å²) in [5.74, 6) is 1.29. The van der Waals surface area contributed by atoms with Gasteiger partial charge in [0.05, 0.1) is 4.88 Å². The summed E-state index contributed by atoms with van der Waals surface area (Å²) in [5.41, 5.74) is 6.57. The van der Waals surface area contributed by atoms with E-state index in [-0.39, 0.29) is 5.91 Å². The summed E-state index contributed by atoms with van der Waals surface area (Å²) < 4.78 is 0. The second-order valence-corrected chi connectivity index (χ2v) is 6.89. The highest BCUT2D eigenvalue weighted by atomic mass is 32.1. The number of hydrogen-bond acceptors (Lipinski definition) is 3. The van der Waals surface area contributed by atoms with Crippen LogP contribution >= 0.6 is 11.3 Å². The van der Waals surface area contributed by atoms with Crippen LogP contribution in [0.4, 0.5) is 5.69 Å². The molecule has 0 radical (unpaired) electrons. The average molecular weight is 266 g/mol. The lowest BCUT2D eigenvalue weighted by molar-refractivity contribution is 0.0460. The van der Waals surface area contributed by atoms with Crippen LogP contribution in [-0.4, -0.2) is 23.4 Å². The van der Waals surface area contributed by atoms with Crippen LogP contribution in [0.25, 0.3) is 0 Å². The summed E-state index contributed by atoms with van der Waals surface area (Å²) in [6.45, 7) is 9.42. The first-order chi connectivity index (χ1) is 8.40. The van der Waals surface area contributed by atoms with E-state index in [1.165, 1.54) is 17.8 Å². The number of rotatable bonds is 1. The quantitative estimate of drug-likeness (QED) is 0.848. The van der Waals surface area contributed by atoms with E-state index in [0.717, 1.165) is 22.0 Å². The highest BCUT2D eigenvalue weighted by Gasteiger charge is 2.32. The number of nitrogens with zero attached hydrogens (tertiary/aromatic N) is 1. The van der Waals surface area contributed by atoms with Crippen molar-refractivity contribution in [3.8, 4) is 0 Å². The molecule has 1 aromatic heterocycles. The van der Waals surface area contributed by atoms with Crippen molar-refractivity contribution < 1.29 is 4.79 Å². The van der Waals surface area contributed by atoms with E-state index in [1.807, 2.05) is 17.9 Å². The fraction of sp³-hybridized carbons (Fsp3) is 0.643. The summed E-state index contributed by atoms with van der Waals surface area (Å²) in [4.78, 5) is 16.4. The Labute approximate surface area is 113 Å². The molecule has 4 heteroatoms. The summed E-state index contributed by atoms with van der Waals surface area (Å²) in [7, 11) is 0. The van der Waals surface area contributed by atoms with Crippen LogP contribution < -0.4 is 5.73 Å². The molecule has 1 aliphatic rings. The molecule has 3 nitrogen and oxygen atoms in total. The first-order valence-corrected chi connectivity index (χ1v) is 7.38. The molecule has 1 saturated heterocycles. The first kappa shape index (κ1) is 13.4. The fourth-order valence-corrected chi connectivity index (χ4v) is 3.62. The molecule has 3 unspecified atom stereocenters. The minimum absolute atomic E-state index is 0.144. The molecule has 2 rings (SSSR count). The minimum Gasteiger partial charge on any atom is -0.398 e. The lowest BCUT2D eigenvalue weighted by atomic mass is 9.86. The van der Waals surface area contributed by atoms with E-state index in [9.17, 15) is 4.79 Å². The van der Waals surface area contributed by atoms with Crippen molar-refractivity contribution in [2.45, 2.75) is 40.2 Å². The Kier molecular flexibility index (Phi) is 3.66. The summed E-state index contributed by atoms with van der Waals surface area (Å²) in [6.07, 6.45) is 1.20. The average Bonchev–Trinajstić information content (AvgIpc) is 2.63. The monoisotopic (exact) mass is 266 g/mol. The Morgan fingerprint density at radius 3 is 2.67 bits per heavy atom. The number of hydrogen-bond donors (Lipinski definition) is 1. The Hall–Kier alpha value is -1.03. The van der Waals surface area contributed by atoms with Gasteiger partial charge in [-0.3, -0.25) is 4.79 Å². The molecular formula is C14H22N2OS. The predicted molar refractivity (Wildman–Crippen MR) is 76.9 cm³/mol. The lowest BCUT2D eigenvalue weighted by Gasteiger charge is -2.40. The zero-order chi connectivity index (χ0) is 13.4. The zero-order valence-electron chi connectivity index (χ0n) is 11.6. The molecule has 0 spiro atoms. The standard InChI is InChI=1S/C14H22N2OS/c1-8-5-9(2)10(3)16(7-8)14(17)13-6-12(15)11(4)18-13/h6,8-10H,5,7,15H2,1-4H3. The molecule has 18 heavy (non-hydrogen) atoms. The molecule has 1 aliphatic heterocycles. The SMILES string of the molecule is Cc1sc(C(=O)N2CC(C)CC(C)C2C)cc1N. The maximum Gasteiger partial charge on any atom is 0.264 e. The van der Waals surface area contributed by atoms with Crippen molar-refractivity contribution in [3.63, 3.8) is 0 Å². The van der Waals surface area contributed by atoms with E-state index in [1.54, 1.807) is 0 Å². The van der Waals surface area contributed by atoms with E-state index in [4.69, 9.17) is 5.73 Å². The minimum atomic E-state index is 0.144. The van der Waals surface area contributed by atoms with Gasteiger partial charge in [-0.1, -0.05) is 13.8 Å². The molecular weight excluding hydrogens is 244 g/mol. The smallest absolute Gasteiger partial charge is 0.264 e. The maximum atomic E-state index is 12.5. The third-order valence-corrected chi connectivity index (χ3v) is 5.08. The molecule has 0 saturated carbocycles. The van der Waals surface area contributed by atoms with Crippen molar-refractivity contribution >= 4 is 22.9 Å². The van der Waals surface area contributed by atoms with Gasteiger partial charge in [-0.25, -0.2) is 0 Å². The zero-order valence-corrected chi connectivity index (χ0v) is 12.4. The molecule has 0 aliphatic carbocycles. The number of amides is 1. The van der Waals surface area contributed by atoms with Gasteiger partial charge in [-0.05, 0) is 38.2 Å². The Morgan fingerprint density at radius 2 is 2.11 bits per heavy atom. The number of carbonyl (C=O) groups excluding carboxylic acids is 1. The second kappa shape index (κ2) is 4.92. The Morgan fingerprint density at radius 1 is 1.44 bits per heavy atom. The summed E-state index contributed by atoms with van der Waals surface area (Å²) >= 11 is 1.50. The van der Waals surface area contributed by atoms with Crippen LogP contribution in [0.3, 0.4) is 0 Å². The van der Waals surface area contributed by atoms with Crippen LogP contribution in [0.15, 0.2) is 6.07 Å². The molecule has 3 atom stereocenters. The predicted octanol–water partition coefficient (Wildman–Crippen LogP) is 3.15. The number of nitrogens with two attached hydrogens (primary N) is 1. The molecule has 0 aromatic carbocycles. The second-order valence-electron chi connectivity index (χ2n) is 5.64. The van der Waals surface area contributed by atoms with Crippen molar-refractivity contribution in [3.05, 3.63) is 15.8 Å². The van der Waals surface area contributed by atoms with Crippen LogP contribution in [0, 0.1) is 18.8 Å². The largest absolute Gasteiger partial charge is 0.398 e. The Balaban J connectivity index is 2.22. The van der Waals surface area contributed by atoms with E-state index in [2.05, 4.69) is 20.8 Å². The number of carbonyl (C=O) groups is 1. The van der Waals surface area contributed by atoms with Gasteiger partial charge in [-0.2, -0.15) is 0 Å². The third-order valence-electron chi connectivity index (χ3n) is 4.03. The van der Waals surface area contributed by atoms with Crippen molar-refractivity contribution in [1.29, 1.82) is 0 Å². The van der Waals surface area contributed by atoms with E-state index < -0.39 is 0 Å². The van der Waals surface area contributed by atoms with Crippen LogP contribution in [0.5, 0.6) is 0 Å². The van der Waals surface area contributed by atoms with Gasteiger partial charge in [0, 0.05) is 23.2 Å². The molecule has 2 N–H and O–H groups in total. The molecule has 1 fully saturated rings. The topological polar surface area (TPSA) is 46.3 Å². The van der Waals surface area contributed by atoms with Crippen molar-refractivity contribution in [2.24, 2.45) is 11.8 Å². The van der Waals surface area contributed by atoms with Gasteiger partial charge in [0.25, 0.3) is 5.91 Å². The van der Waals surface area contributed by atoms with E-state index in [0.29, 0.717) is 17.9 Å². The lowest BCUT2D eigenvalue weighted by Crippen LogP contribution is -2.48. The van der Waals surface area contributed by atoms with Crippen LogP contribution in [-0.2, 0) is 0 Å². The number of likely N-dealkylation sites (tertiary alicyclic amines) is 1. The fourth-order valence-electron chi connectivity index (χ4n) is 2.73. The van der Waals surface area contributed by atoms with Gasteiger partial charge in [0.1, 0.15) is 0 Å². The van der Waals surface area contributed by atoms with Gasteiger partial charge in [-0.15, -0.1) is 11.3 Å². The van der Waals surface area contributed by atoms with Crippen molar-refractivity contribution in [1.82, 2.24) is 4.90 Å². The number of aryl methyl sites for hydroxylation is 1. The molecule has 0 bridgehead atoms. The molecule has 2 heterocycles. The van der Waals surface area contributed by atoms with Gasteiger partial charge < -0.3 is 10.6 Å². The normalized spacial score (nSPS) is 28.4. The number of thiophene rings is 1. The van der Waals surface area contributed by atoms with E-state index >= 15 is 0 Å².